The lowest BCUT2D eigenvalue weighted by Gasteiger charge is -2.27. The lowest BCUT2D eigenvalue weighted by molar-refractivity contribution is -0.143. The van der Waals surface area contributed by atoms with Crippen LogP contribution in [0, 0.1) is 0 Å². The van der Waals surface area contributed by atoms with E-state index in [4.69, 9.17) is 10.8 Å². The van der Waals surface area contributed by atoms with Crippen molar-refractivity contribution in [3.63, 3.8) is 0 Å². The number of hydrogen-bond acceptors (Lipinski definition) is 9. The number of aliphatic carboxylic acids is 2. The second-order valence-corrected chi connectivity index (χ2v) is 7.34. The summed E-state index contributed by atoms with van der Waals surface area (Å²) < 4.78 is 0. The standard InChI is InChI=1S/C18H28N6O9/c1-7(25)13(16(30)22-11(18(32)33)3-9-5-20-6-21-9)24-17(31)14(8(2)26)23-15(29)10(19)4-12(27)28/h5-8,10-11,13-14,25-26H,3-4,19H2,1-2H3,(H,20,21)(H,22,30)(H,23,29)(H,24,31)(H,27,28)(H,32,33). The topological polar surface area (TPSA) is 257 Å². The summed E-state index contributed by atoms with van der Waals surface area (Å²) in [6.45, 7) is 2.31. The van der Waals surface area contributed by atoms with Crippen LogP contribution >= 0.6 is 0 Å². The zero-order chi connectivity index (χ0) is 25.3. The quantitative estimate of drug-likeness (QED) is 0.134. The van der Waals surface area contributed by atoms with E-state index in [1.54, 1.807) is 0 Å². The Kier molecular flexibility index (Phi) is 10.4. The van der Waals surface area contributed by atoms with Crippen LogP contribution in [0.4, 0.5) is 0 Å². The minimum atomic E-state index is -1.65. The van der Waals surface area contributed by atoms with E-state index in [1.165, 1.54) is 12.5 Å². The Morgan fingerprint density at radius 2 is 1.48 bits per heavy atom. The molecule has 0 saturated carbocycles. The minimum absolute atomic E-state index is 0.157. The van der Waals surface area contributed by atoms with Crippen LogP contribution in [0.5, 0.6) is 0 Å². The van der Waals surface area contributed by atoms with E-state index in [0.717, 1.165) is 13.8 Å². The first-order valence-corrected chi connectivity index (χ1v) is 9.78. The molecule has 0 spiro atoms. The lowest BCUT2D eigenvalue weighted by Crippen LogP contribution is -2.62. The van der Waals surface area contributed by atoms with Gasteiger partial charge >= 0.3 is 11.9 Å². The Morgan fingerprint density at radius 3 is 1.91 bits per heavy atom. The highest BCUT2D eigenvalue weighted by atomic mass is 16.4. The molecule has 0 fully saturated rings. The van der Waals surface area contributed by atoms with E-state index >= 15 is 0 Å². The highest BCUT2D eigenvalue weighted by Crippen LogP contribution is 2.03. The van der Waals surface area contributed by atoms with E-state index in [1.807, 2.05) is 0 Å². The highest BCUT2D eigenvalue weighted by molar-refractivity contribution is 5.95. The number of nitrogens with zero attached hydrogens (tertiary/aromatic N) is 1. The Morgan fingerprint density at radius 1 is 0.970 bits per heavy atom. The molecule has 1 aromatic rings. The summed E-state index contributed by atoms with van der Waals surface area (Å²) in [5.41, 5.74) is 5.84. The maximum Gasteiger partial charge on any atom is 0.326 e. The molecule has 0 saturated heterocycles. The van der Waals surface area contributed by atoms with Crippen molar-refractivity contribution in [2.75, 3.05) is 0 Å². The van der Waals surface area contributed by atoms with Gasteiger partial charge in [-0.2, -0.15) is 0 Å². The molecule has 10 N–H and O–H groups in total. The number of carbonyl (C=O) groups is 5. The molecule has 0 bridgehead atoms. The number of carbonyl (C=O) groups excluding carboxylic acids is 3. The largest absolute Gasteiger partial charge is 0.481 e. The Balaban J connectivity index is 2.90. The zero-order valence-corrected chi connectivity index (χ0v) is 17.9. The van der Waals surface area contributed by atoms with Crippen molar-refractivity contribution in [3.8, 4) is 0 Å². The van der Waals surface area contributed by atoms with Crippen molar-refractivity contribution in [1.29, 1.82) is 0 Å². The summed E-state index contributed by atoms with van der Waals surface area (Å²) in [6, 6.07) is -6.22. The van der Waals surface area contributed by atoms with Crippen molar-refractivity contribution in [2.45, 2.75) is 63.1 Å². The number of carboxylic acid groups (broad SMARTS) is 2. The molecule has 1 rings (SSSR count). The fourth-order valence-corrected chi connectivity index (χ4v) is 2.67. The van der Waals surface area contributed by atoms with Crippen LogP contribution < -0.4 is 21.7 Å². The van der Waals surface area contributed by atoms with Crippen LogP contribution in [0.25, 0.3) is 0 Å². The van der Waals surface area contributed by atoms with E-state index in [2.05, 4.69) is 25.9 Å². The van der Waals surface area contributed by atoms with Gasteiger partial charge in [0.2, 0.25) is 17.7 Å². The van der Waals surface area contributed by atoms with Gasteiger partial charge in [0.15, 0.2) is 0 Å². The summed E-state index contributed by atoms with van der Waals surface area (Å²) in [5.74, 6) is -5.91. The van der Waals surface area contributed by atoms with Crippen molar-refractivity contribution < 1.29 is 44.4 Å². The van der Waals surface area contributed by atoms with Gasteiger partial charge in [-0.25, -0.2) is 9.78 Å². The molecule has 6 unspecified atom stereocenters. The lowest BCUT2D eigenvalue weighted by atomic mass is 10.1. The summed E-state index contributed by atoms with van der Waals surface area (Å²) in [5, 5.41) is 44.3. The van der Waals surface area contributed by atoms with Crippen molar-refractivity contribution >= 4 is 29.7 Å². The van der Waals surface area contributed by atoms with Crippen LogP contribution in [0.1, 0.15) is 26.0 Å². The smallest absolute Gasteiger partial charge is 0.326 e. The number of aliphatic hydroxyl groups excluding tert-OH is 2. The fraction of sp³-hybridized carbons (Fsp3) is 0.556. The second-order valence-electron chi connectivity index (χ2n) is 7.34. The minimum Gasteiger partial charge on any atom is -0.481 e. The normalized spacial score (nSPS) is 16.4. The van der Waals surface area contributed by atoms with Crippen LogP contribution in [0.2, 0.25) is 0 Å². The van der Waals surface area contributed by atoms with Gasteiger partial charge in [0.1, 0.15) is 18.1 Å². The van der Waals surface area contributed by atoms with Crippen LogP contribution in [-0.4, -0.2) is 96.4 Å². The number of hydrogen-bond donors (Lipinski definition) is 9. The number of aromatic amines is 1. The Bertz CT molecular complexity index is 842. The van der Waals surface area contributed by atoms with Gasteiger partial charge < -0.3 is 47.1 Å². The van der Waals surface area contributed by atoms with Crippen LogP contribution in [0.3, 0.4) is 0 Å². The summed E-state index contributed by atoms with van der Waals surface area (Å²) in [6.07, 6.45) is -1.19. The molecule has 0 aromatic carbocycles. The van der Waals surface area contributed by atoms with E-state index in [9.17, 15) is 39.3 Å². The average molecular weight is 472 g/mol. The third-order valence-corrected chi connectivity index (χ3v) is 4.45. The summed E-state index contributed by atoms with van der Waals surface area (Å²) in [4.78, 5) is 65.9. The van der Waals surface area contributed by atoms with Gasteiger partial charge in [0.05, 0.1) is 31.0 Å². The van der Waals surface area contributed by atoms with Crippen LogP contribution in [0.15, 0.2) is 12.5 Å². The number of aliphatic hydroxyl groups is 2. The predicted molar refractivity (Wildman–Crippen MR) is 109 cm³/mol. The first-order chi connectivity index (χ1) is 15.3. The number of H-pyrrole nitrogens is 1. The number of rotatable bonds is 13. The van der Waals surface area contributed by atoms with Gasteiger partial charge in [-0.3, -0.25) is 19.2 Å². The first kappa shape index (κ1) is 27.5. The zero-order valence-electron chi connectivity index (χ0n) is 17.9. The molecular weight excluding hydrogens is 444 g/mol. The maximum atomic E-state index is 12.6. The number of imidazole rings is 1. The molecule has 0 aliphatic rings. The summed E-state index contributed by atoms with van der Waals surface area (Å²) >= 11 is 0. The van der Waals surface area contributed by atoms with Gasteiger partial charge in [-0.15, -0.1) is 0 Å². The highest BCUT2D eigenvalue weighted by Gasteiger charge is 2.34. The Labute approximate surface area is 187 Å². The van der Waals surface area contributed by atoms with E-state index in [-0.39, 0.29) is 6.42 Å². The second kappa shape index (κ2) is 12.5. The molecule has 15 heteroatoms. The van der Waals surface area contributed by atoms with E-state index < -0.39 is 72.5 Å². The Hall–Kier alpha value is -3.56. The number of nitrogens with one attached hydrogen (secondary N) is 4. The molecular formula is C18H28N6O9. The molecule has 0 radical (unpaired) electrons. The average Bonchev–Trinajstić information content (AvgIpc) is 3.21. The number of nitrogens with two attached hydrogens (primary N) is 1. The van der Waals surface area contributed by atoms with Crippen molar-refractivity contribution in [2.24, 2.45) is 5.73 Å². The van der Waals surface area contributed by atoms with Gasteiger partial charge in [-0.05, 0) is 13.8 Å². The summed E-state index contributed by atoms with van der Waals surface area (Å²) in [7, 11) is 0. The molecule has 15 nitrogen and oxygen atoms in total. The maximum absolute atomic E-state index is 12.6. The molecule has 3 amide bonds. The molecule has 0 aliphatic heterocycles. The number of carboxylic acids is 2. The molecule has 33 heavy (non-hydrogen) atoms. The fourth-order valence-electron chi connectivity index (χ4n) is 2.67. The molecule has 1 heterocycles. The molecule has 6 atom stereocenters. The van der Waals surface area contributed by atoms with E-state index in [0.29, 0.717) is 5.69 Å². The first-order valence-electron chi connectivity index (χ1n) is 9.78. The number of aromatic nitrogens is 2. The van der Waals surface area contributed by atoms with Crippen LogP contribution in [-0.2, 0) is 30.4 Å². The predicted octanol–water partition coefficient (Wildman–Crippen LogP) is -3.95. The van der Waals surface area contributed by atoms with Crippen molar-refractivity contribution in [1.82, 2.24) is 25.9 Å². The number of amides is 3. The van der Waals surface area contributed by atoms with Crippen molar-refractivity contribution in [3.05, 3.63) is 18.2 Å². The molecule has 184 valence electrons. The van der Waals surface area contributed by atoms with Gasteiger partial charge in [-0.1, -0.05) is 0 Å². The van der Waals surface area contributed by atoms with Gasteiger partial charge in [0.25, 0.3) is 0 Å². The monoisotopic (exact) mass is 472 g/mol. The third-order valence-electron chi connectivity index (χ3n) is 4.45. The molecule has 1 aromatic heterocycles. The van der Waals surface area contributed by atoms with Gasteiger partial charge in [0, 0.05) is 18.3 Å². The molecule has 0 aliphatic carbocycles. The third kappa shape index (κ3) is 8.83. The SMILES string of the molecule is CC(O)C(NC(=O)C(N)CC(=O)O)C(=O)NC(C(=O)NC(Cc1cnc[nH]1)C(=O)O)C(C)O.